The number of hydrogen-bond donors (Lipinski definition) is 2. The van der Waals surface area contributed by atoms with Gasteiger partial charge in [-0.25, -0.2) is 4.79 Å². The van der Waals surface area contributed by atoms with Gasteiger partial charge in [0.15, 0.2) is 0 Å². The molecule has 1 amide bonds. The lowest BCUT2D eigenvalue weighted by Crippen LogP contribution is -2.11. The van der Waals surface area contributed by atoms with Gasteiger partial charge in [0.1, 0.15) is 0 Å². The number of amides is 1. The SMILES string of the molecule is CCCCCC(=O)Nc1ccc(C(=O)O)cc1Cl. The maximum atomic E-state index is 11.6. The molecule has 0 aliphatic carbocycles. The summed E-state index contributed by atoms with van der Waals surface area (Å²) < 4.78 is 0. The second-order valence-corrected chi connectivity index (χ2v) is 4.41. The maximum absolute atomic E-state index is 11.6. The van der Waals surface area contributed by atoms with Gasteiger partial charge in [0.25, 0.3) is 0 Å². The van der Waals surface area contributed by atoms with E-state index >= 15 is 0 Å². The van der Waals surface area contributed by atoms with Crippen molar-refractivity contribution in [2.75, 3.05) is 5.32 Å². The first-order chi connectivity index (χ1) is 8.54. The van der Waals surface area contributed by atoms with Gasteiger partial charge in [-0.3, -0.25) is 4.79 Å². The molecule has 1 aromatic carbocycles. The first kappa shape index (κ1) is 14.5. The minimum atomic E-state index is -1.04. The van der Waals surface area contributed by atoms with Gasteiger partial charge in [-0.15, -0.1) is 0 Å². The first-order valence-corrected chi connectivity index (χ1v) is 6.25. The van der Waals surface area contributed by atoms with Gasteiger partial charge >= 0.3 is 5.97 Å². The van der Waals surface area contributed by atoms with Crippen LogP contribution in [0.25, 0.3) is 0 Å². The van der Waals surface area contributed by atoms with Crippen LogP contribution in [0.4, 0.5) is 5.69 Å². The van der Waals surface area contributed by atoms with E-state index in [1.807, 2.05) is 0 Å². The highest BCUT2D eigenvalue weighted by Gasteiger charge is 2.09. The summed E-state index contributed by atoms with van der Waals surface area (Å²) in [5.41, 5.74) is 0.548. The lowest BCUT2D eigenvalue weighted by Gasteiger charge is -2.07. The van der Waals surface area contributed by atoms with Gasteiger partial charge in [-0.05, 0) is 24.6 Å². The van der Waals surface area contributed by atoms with Crippen LogP contribution in [0.1, 0.15) is 43.0 Å². The van der Waals surface area contributed by atoms with E-state index in [-0.39, 0.29) is 16.5 Å². The van der Waals surface area contributed by atoms with Crippen molar-refractivity contribution in [1.82, 2.24) is 0 Å². The van der Waals surface area contributed by atoms with Crippen LogP contribution in [0.5, 0.6) is 0 Å². The molecule has 1 aromatic rings. The van der Waals surface area contributed by atoms with Crippen molar-refractivity contribution in [3.05, 3.63) is 28.8 Å². The topological polar surface area (TPSA) is 66.4 Å². The van der Waals surface area contributed by atoms with E-state index < -0.39 is 5.97 Å². The fourth-order valence-electron chi connectivity index (χ4n) is 1.50. The Morgan fingerprint density at radius 2 is 2.06 bits per heavy atom. The van der Waals surface area contributed by atoms with E-state index in [0.29, 0.717) is 12.1 Å². The molecular formula is C13H16ClNO3. The fourth-order valence-corrected chi connectivity index (χ4v) is 1.73. The normalized spacial score (nSPS) is 10.1. The Hall–Kier alpha value is -1.55. The standard InChI is InChI=1S/C13H16ClNO3/c1-2-3-4-5-12(16)15-11-7-6-9(13(17)18)8-10(11)14/h6-8H,2-5H2,1H3,(H,15,16)(H,17,18). The fraction of sp³-hybridized carbons (Fsp3) is 0.385. The van der Waals surface area contributed by atoms with Crippen LogP contribution in [0.15, 0.2) is 18.2 Å². The van der Waals surface area contributed by atoms with Gasteiger partial charge in [-0.1, -0.05) is 31.4 Å². The van der Waals surface area contributed by atoms with Gasteiger partial charge in [0, 0.05) is 6.42 Å². The number of rotatable bonds is 6. The predicted molar refractivity (Wildman–Crippen MR) is 71.2 cm³/mol. The lowest BCUT2D eigenvalue weighted by molar-refractivity contribution is -0.116. The van der Waals surface area contributed by atoms with Crippen LogP contribution in [0.2, 0.25) is 5.02 Å². The van der Waals surface area contributed by atoms with Crippen molar-refractivity contribution < 1.29 is 14.7 Å². The Labute approximate surface area is 111 Å². The van der Waals surface area contributed by atoms with E-state index in [9.17, 15) is 9.59 Å². The second-order valence-electron chi connectivity index (χ2n) is 4.01. The molecule has 98 valence electrons. The number of unbranched alkanes of at least 4 members (excludes halogenated alkanes) is 2. The number of carbonyl (C=O) groups is 2. The zero-order valence-electron chi connectivity index (χ0n) is 10.2. The summed E-state index contributed by atoms with van der Waals surface area (Å²) in [5, 5.41) is 11.7. The Bertz CT molecular complexity index is 446. The molecule has 0 spiro atoms. The van der Waals surface area contributed by atoms with Gasteiger partial charge in [0.2, 0.25) is 5.91 Å². The average Bonchev–Trinajstić information content (AvgIpc) is 2.32. The predicted octanol–water partition coefficient (Wildman–Crippen LogP) is 3.56. The minimum absolute atomic E-state index is 0.101. The number of carbonyl (C=O) groups excluding carboxylic acids is 1. The van der Waals surface area contributed by atoms with Crippen LogP contribution in [0.3, 0.4) is 0 Å². The highest BCUT2D eigenvalue weighted by Crippen LogP contribution is 2.23. The summed E-state index contributed by atoms with van der Waals surface area (Å²) >= 11 is 5.90. The van der Waals surface area contributed by atoms with Crippen LogP contribution >= 0.6 is 11.6 Å². The molecule has 0 radical (unpaired) electrons. The molecule has 0 aliphatic heterocycles. The largest absolute Gasteiger partial charge is 0.478 e. The van der Waals surface area contributed by atoms with Crippen LogP contribution in [0, 0.1) is 0 Å². The number of nitrogens with one attached hydrogen (secondary N) is 1. The third-order valence-electron chi connectivity index (χ3n) is 2.50. The minimum Gasteiger partial charge on any atom is -0.478 e. The van der Waals surface area contributed by atoms with Gasteiger partial charge < -0.3 is 10.4 Å². The summed E-state index contributed by atoms with van der Waals surface area (Å²) in [7, 11) is 0. The van der Waals surface area contributed by atoms with Crippen molar-refractivity contribution >= 4 is 29.2 Å². The number of aromatic carboxylic acids is 1. The monoisotopic (exact) mass is 269 g/mol. The molecule has 0 atom stereocenters. The summed E-state index contributed by atoms with van der Waals surface area (Å²) in [5.74, 6) is -1.15. The number of hydrogen-bond acceptors (Lipinski definition) is 2. The molecule has 1 rings (SSSR count). The molecule has 0 aromatic heterocycles. The summed E-state index contributed by atoms with van der Waals surface area (Å²) in [6.45, 7) is 2.07. The third-order valence-corrected chi connectivity index (χ3v) is 2.81. The molecule has 0 unspecified atom stereocenters. The van der Waals surface area contributed by atoms with Crippen LogP contribution in [-0.4, -0.2) is 17.0 Å². The molecule has 0 heterocycles. The molecule has 4 nitrogen and oxygen atoms in total. The Balaban J connectivity index is 2.62. The summed E-state index contributed by atoms with van der Waals surface area (Å²) in [6, 6.07) is 4.24. The zero-order valence-corrected chi connectivity index (χ0v) is 11.0. The van der Waals surface area contributed by atoms with Crippen LogP contribution < -0.4 is 5.32 Å². The van der Waals surface area contributed by atoms with E-state index in [0.717, 1.165) is 19.3 Å². The highest BCUT2D eigenvalue weighted by molar-refractivity contribution is 6.34. The summed E-state index contributed by atoms with van der Waals surface area (Å²) in [4.78, 5) is 22.3. The second kappa shape index (κ2) is 7.01. The zero-order chi connectivity index (χ0) is 13.5. The first-order valence-electron chi connectivity index (χ1n) is 5.87. The van der Waals surface area contributed by atoms with Crippen molar-refractivity contribution in [2.24, 2.45) is 0 Å². The van der Waals surface area contributed by atoms with E-state index in [1.54, 1.807) is 0 Å². The van der Waals surface area contributed by atoms with E-state index in [1.165, 1.54) is 18.2 Å². The lowest BCUT2D eigenvalue weighted by atomic mass is 10.2. The van der Waals surface area contributed by atoms with Crippen molar-refractivity contribution in [1.29, 1.82) is 0 Å². The molecule has 0 fully saturated rings. The Morgan fingerprint density at radius 1 is 1.33 bits per heavy atom. The van der Waals surface area contributed by atoms with Crippen molar-refractivity contribution in [2.45, 2.75) is 32.6 Å². The molecule has 0 saturated carbocycles. The molecule has 2 N–H and O–H groups in total. The molecule has 0 saturated heterocycles. The summed E-state index contributed by atoms with van der Waals surface area (Å²) in [6.07, 6.45) is 3.36. The molecule has 0 bridgehead atoms. The smallest absolute Gasteiger partial charge is 0.335 e. The Morgan fingerprint density at radius 3 is 2.61 bits per heavy atom. The number of carboxylic acids is 1. The number of benzene rings is 1. The van der Waals surface area contributed by atoms with Crippen molar-refractivity contribution in [3.63, 3.8) is 0 Å². The molecule has 18 heavy (non-hydrogen) atoms. The molecule has 5 heteroatoms. The number of halogens is 1. The third kappa shape index (κ3) is 4.37. The van der Waals surface area contributed by atoms with E-state index in [2.05, 4.69) is 12.2 Å². The van der Waals surface area contributed by atoms with Gasteiger partial charge in [0.05, 0.1) is 16.3 Å². The maximum Gasteiger partial charge on any atom is 0.335 e. The molecule has 0 aliphatic rings. The van der Waals surface area contributed by atoms with Gasteiger partial charge in [-0.2, -0.15) is 0 Å². The number of carboxylic acid groups (broad SMARTS) is 1. The highest BCUT2D eigenvalue weighted by atomic mass is 35.5. The van der Waals surface area contributed by atoms with E-state index in [4.69, 9.17) is 16.7 Å². The van der Waals surface area contributed by atoms with Crippen molar-refractivity contribution in [3.8, 4) is 0 Å². The molecular weight excluding hydrogens is 254 g/mol. The number of anilines is 1. The average molecular weight is 270 g/mol. The quantitative estimate of drug-likeness (QED) is 0.776. The Kier molecular flexibility index (Phi) is 5.65. The van der Waals surface area contributed by atoms with Crippen LogP contribution in [-0.2, 0) is 4.79 Å².